The summed E-state index contributed by atoms with van der Waals surface area (Å²) < 4.78 is 18.3. The van der Waals surface area contributed by atoms with E-state index in [-0.39, 0.29) is 30.5 Å². The summed E-state index contributed by atoms with van der Waals surface area (Å²) in [6.07, 6.45) is -0.279. The number of hydrogen-bond donors (Lipinski definition) is 1. The molecule has 0 spiro atoms. The Morgan fingerprint density at radius 2 is 2.39 bits per heavy atom. The fourth-order valence-corrected chi connectivity index (χ4v) is 2.29. The second kappa shape index (κ2) is 5.46. The fourth-order valence-electron chi connectivity index (χ4n) is 2.29. The van der Waals surface area contributed by atoms with Crippen molar-refractivity contribution in [1.29, 1.82) is 0 Å². The molecule has 1 N–H and O–H groups in total. The summed E-state index contributed by atoms with van der Waals surface area (Å²) in [5.41, 5.74) is 0.754. The standard InChI is InChI=1S/C13H17FN2O2/c1-9(8-18-2)16-12(17)7-15-13(16)10-4-3-5-11(14)6-10/h3-6,9,13,15H,7-8H2,1-2H3. The molecule has 2 rings (SSSR count). The molecule has 0 saturated carbocycles. The predicted molar refractivity (Wildman–Crippen MR) is 65.3 cm³/mol. The number of carbonyl (C=O) groups is 1. The van der Waals surface area contributed by atoms with Crippen LogP contribution in [0.2, 0.25) is 0 Å². The van der Waals surface area contributed by atoms with Crippen LogP contribution in [0, 0.1) is 5.82 Å². The minimum absolute atomic E-state index is 0.00816. The Kier molecular flexibility index (Phi) is 3.93. The van der Waals surface area contributed by atoms with Gasteiger partial charge in [-0.1, -0.05) is 12.1 Å². The largest absolute Gasteiger partial charge is 0.383 e. The number of hydrogen-bond acceptors (Lipinski definition) is 3. The third kappa shape index (κ3) is 2.52. The molecule has 98 valence electrons. The first-order chi connectivity index (χ1) is 8.63. The number of ether oxygens (including phenoxy) is 1. The van der Waals surface area contributed by atoms with E-state index < -0.39 is 0 Å². The van der Waals surface area contributed by atoms with Crippen molar-refractivity contribution in [2.45, 2.75) is 19.1 Å². The summed E-state index contributed by atoms with van der Waals surface area (Å²) in [6, 6.07) is 6.25. The fraction of sp³-hybridized carbons (Fsp3) is 0.462. The van der Waals surface area contributed by atoms with E-state index in [1.165, 1.54) is 12.1 Å². The number of benzene rings is 1. The lowest BCUT2D eigenvalue weighted by Gasteiger charge is -2.30. The quantitative estimate of drug-likeness (QED) is 0.878. The molecule has 1 fully saturated rings. The average Bonchev–Trinajstić information content (AvgIpc) is 2.71. The van der Waals surface area contributed by atoms with Gasteiger partial charge in [0.15, 0.2) is 0 Å². The predicted octanol–water partition coefficient (Wildman–Crippen LogP) is 1.29. The van der Waals surface area contributed by atoms with E-state index in [0.29, 0.717) is 6.61 Å². The Morgan fingerprint density at radius 3 is 3.06 bits per heavy atom. The molecule has 1 saturated heterocycles. The molecule has 5 heteroatoms. The number of halogens is 1. The number of nitrogens with one attached hydrogen (secondary N) is 1. The molecule has 0 radical (unpaired) electrons. The van der Waals surface area contributed by atoms with Crippen LogP contribution < -0.4 is 5.32 Å². The highest BCUT2D eigenvalue weighted by Crippen LogP contribution is 2.25. The van der Waals surface area contributed by atoms with Crippen LogP contribution in [-0.4, -0.2) is 37.1 Å². The van der Waals surface area contributed by atoms with Gasteiger partial charge in [0.25, 0.3) is 0 Å². The Labute approximate surface area is 106 Å². The van der Waals surface area contributed by atoms with Crippen LogP contribution in [-0.2, 0) is 9.53 Å². The van der Waals surface area contributed by atoms with Gasteiger partial charge < -0.3 is 9.64 Å². The molecule has 4 nitrogen and oxygen atoms in total. The van der Waals surface area contributed by atoms with Crippen LogP contribution in [0.25, 0.3) is 0 Å². The highest BCUT2D eigenvalue weighted by Gasteiger charge is 2.34. The van der Waals surface area contributed by atoms with Gasteiger partial charge in [-0.05, 0) is 24.6 Å². The maximum Gasteiger partial charge on any atom is 0.238 e. The monoisotopic (exact) mass is 252 g/mol. The second-order valence-electron chi connectivity index (χ2n) is 4.44. The van der Waals surface area contributed by atoms with E-state index in [0.717, 1.165) is 5.56 Å². The first-order valence-electron chi connectivity index (χ1n) is 5.92. The highest BCUT2D eigenvalue weighted by molar-refractivity contribution is 5.81. The zero-order valence-electron chi connectivity index (χ0n) is 10.5. The minimum Gasteiger partial charge on any atom is -0.383 e. The summed E-state index contributed by atoms with van der Waals surface area (Å²) in [7, 11) is 1.60. The smallest absolute Gasteiger partial charge is 0.238 e. The Bertz CT molecular complexity index is 439. The molecular formula is C13H17FN2O2. The normalized spacial score (nSPS) is 21.4. The lowest BCUT2D eigenvalue weighted by atomic mass is 10.1. The van der Waals surface area contributed by atoms with Crippen LogP contribution in [0.4, 0.5) is 4.39 Å². The van der Waals surface area contributed by atoms with Gasteiger partial charge in [-0.2, -0.15) is 0 Å². The van der Waals surface area contributed by atoms with Gasteiger partial charge in [-0.15, -0.1) is 0 Å². The first-order valence-corrected chi connectivity index (χ1v) is 5.92. The van der Waals surface area contributed by atoms with E-state index in [4.69, 9.17) is 4.74 Å². The van der Waals surface area contributed by atoms with Gasteiger partial charge >= 0.3 is 0 Å². The number of rotatable bonds is 4. The zero-order chi connectivity index (χ0) is 13.1. The summed E-state index contributed by atoms with van der Waals surface area (Å²) in [5.74, 6) is -0.290. The molecule has 1 heterocycles. The van der Waals surface area contributed by atoms with Crippen molar-refractivity contribution >= 4 is 5.91 Å². The molecule has 0 aliphatic carbocycles. The molecule has 1 aromatic rings. The van der Waals surface area contributed by atoms with E-state index in [2.05, 4.69) is 5.32 Å². The molecule has 1 amide bonds. The van der Waals surface area contributed by atoms with E-state index in [1.807, 2.05) is 13.0 Å². The van der Waals surface area contributed by atoms with Crippen molar-refractivity contribution in [2.24, 2.45) is 0 Å². The van der Waals surface area contributed by atoms with Crippen LogP contribution in [0.15, 0.2) is 24.3 Å². The maximum absolute atomic E-state index is 13.2. The third-order valence-electron chi connectivity index (χ3n) is 3.06. The molecule has 1 aromatic carbocycles. The molecule has 0 aromatic heterocycles. The first kappa shape index (κ1) is 13.0. The lowest BCUT2D eigenvalue weighted by molar-refractivity contribution is -0.131. The van der Waals surface area contributed by atoms with Crippen molar-refractivity contribution < 1.29 is 13.9 Å². The van der Waals surface area contributed by atoms with Gasteiger partial charge in [-0.3, -0.25) is 10.1 Å². The molecule has 1 aliphatic rings. The molecule has 2 unspecified atom stereocenters. The van der Waals surface area contributed by atoms with Crippen LogP contribution in [0.5, 0.6) is 0 Å². The van der Waals surface area contributed by atoms with Crippen LogP contribution in [0.3, 0.4) is 0 Å². The van der Waals surface area contributed by atoms with Gasteiger partial charge in [0.2, 0.25) is 5.91 Å². The lowest BCUT2D eigenvalue weighted by Crippen LogP contribution is -2.40. The maximum atomic E-state index is 13.2. The van der Waals surface area contributed by atoms with Crippen molar-refractivity contribution in [3.63, 3.8) is 0 Å². The Hall–Kier alpha value is -1.46. The summed E-state index contributed by atoms with van der Waals surface area (Å²) in [5, 5.41) is 3.09. The topological polar surface area (TPSA) is 41.6 Å². The number of methoxy groups -OCH3 is 1. The van der Waals surface area contributed by atoms with Crippen LogP contribution >= 0.6 is 0 Å². The number of carbonyl (C=O) groups excluding carboxylic acids is 1. The average molecular weight is 252 g/mol. The Balaban J connectivity index is 2.23. The minimum atomic E-state index is -0.298. The van der Waals surface area contributed by atoms with Gasteiger partial charge in [0, 0.05) is 7.11 Å². The summed E-state index contributed by atoms with van der Waals surface area (Å²) >= 11 is 0. The van der Waals surface area contributed by atoms with E-state index in [1.54, 1.807) is 18.1 Å². The van der Waals surface area contributed by atoms with E-state index in [9.17, 15) is 9.18 Å². The van der Waals surface area contributed by atoms with Crippen molar-refractivity contribution in [3.8, 4) is 0 Å². The Morgan fingerprint density at radius 1 is 1.61 bits per heavy atom. The van der Waals surface area contributed by atoms with Gasteiger partial charge in [0.05, 0.1) is 19.2 Å². The number of nitrogens with zero attached hydrogens (tertiary/aromatic N) is 1. The van der Waals surface area contributed by atoms with Gasteiger partial charge in [-0.25, -0.2) is 4.39 Å². The molecule has 2 atom stereocenters. The van der Waals surface area contributed by atoms with Gasteiger partial charge in [0.1, 0.15) is 12.0 Å². The third-order valence-corrected chi connectivity index (χ3v) is 3.06. The number of amides is 1. The van der Waals surface area contributed by atoms with Crippen molar-refractivity contribution in [1.82, 2.24) is 10.2 Å². The molecule has 18 heavy (non-hydrogen) atoms. The second-order valence-corrected chi connectivity index (χ2v) is 4.44. The zero-order valence-corrected chi connectivity index (χ0v) is 10.5. The molecular weight excluding hydrogens is 235 g/mol. The van der Waals surface area contributed by atoms with Crippen molar-refractivity contribution in [3.05, 3.63) is 35.6 Å². The summed E-state index contributed by atoms with van der Waals surface area (Å²) in [4.78, 5) is 13.6. The van der Waals surface area contributed by atoms with Crippen molar-refractivity contribution in [2.75, 3.05) is 20.3 Å². The molecule has 1 aliphatic heterocycles. The van der Waals surface area contributed by atoms with E-state index >= 15 is 0 Å². The molecule has 0 bridgehead atoms. The summed E-state index contributed by atoms with van der Waals surface area (Å²) in [6.45, 7) is 2.65. The highest BCUT2D eigenvalue weighted by atomic mass is 19.1. The van der Waals surface area contributed by atoms with Crippen LogP contribution in [0.1, 0.15) is 18.7 Å². The SMILES string of the molecule is COCC(C)N1C(=O)CNC1c1cccc(F)c1.